The van der Waals surface area contributed by atoms with Crippen LogP contribution >= 0.6 is 15.9 Å². The summed E-state index contributed by atoms with van der Waals surface area (Å²) in [5.41, 5.74) is 2.83. The Morgan fingerprint density at radius 3 is 2.40 bits per heavy atom. The Morgan fingerprint density at radius 1 is 1.00 bits per heavy atom. The molecular weight excluding hydrogens is 310 g/mol. The Hall–Kier alpha value is -1.12. The van der Waals surface area contributed by atoms with E-state index in [0.29, 0.717) is 5.92 Å². The molecule has 20 heavy (non-hydrogen) atoms. The van der Waals surface area contributed by atoms with Crippen molar-refractivity contribution in [3.63, 3.8) is 0 Å². The van der Waals surface area contributed by atoms with Crippen molar-refractivity contribution in [2.45, 2.75) is 18.8 Å². The first-order chi connectivity index (χ1) is 9.65. The van der Waals surface area contributed by atoms with Crippen molar-refractivity contribution in [1.82, 2.24) is 4.90 Å². The van der Waals surface area contributed by atoms with E-state index in [1.807, 2.05) is 0 Å². The molecule has 0 fully saturated rings. The molecule has 2 rings (SSSR count). The maximum Gasteiger partial charge on any atom is 0.0178 e. The zero-order chi connectivity index (χ0) is 14.4. The Labute approximate surface area is 130 Å². The zero-order valence-corrected chi connectivity index (χ0v) is 13.8. The van der Waals surface area contributed by atoms with Crippen molar-refractivity contribution < 1.29 is 0 Å². The van der Waals surface area contributed by atoms with Crippen LogP contribution in [0, 0.1) is 0 Å². The average molecular weight is 332 g/mol. The minimum atomic E-state index is 0.567. The van der Waals surface area contributed by atoms with Crippen molar-refractivity contribution in [3.05, 3.63) is 70.2 Å². The summed E-state index contributed by atoms with van der Waals surface area (Å²) in [6.45, 7) is 1.12. The fourth-order valence-corrected chi connectivity index (χ4v) is 2.88. The maximum atomic E-state index is 3.59. The molecule has 0 saturated heterocycles. The summed E-state index contributed by atoms with van der Waals surface area (Å²) in [6.07, 6.45) is 2.28. The van der Waals surface area contributed by atoms with E-state index in [2.05, 4.69) is 89.5 Å². The van der Waals surface area contributed by atoms with Gasteiger partial charge in [0.2, 0.25) is 0 Å². The summed E-state index contributed by atoms with van der Waals surface area (Å²) in [4.78, 5) is 2.26. The number of nitrogens with zero attached hydrogens (tertiary/aromatic N) is 1. The maximum absolute atomic E-state index is 3.59. The molecule has 1 unspecified atom stereocenters. The highest BCUT2D eigenvalue weighted by atomic mass is 79.9. The highest BCUT2D eigenvalue weighted by molar-refractivity contribution is 9.10. The molecule has 0 aliphatic rings. The van der Waals surface area contributed by atoms with Crippen molar-refractivity contribution in [3.8, 4) is 0 Å². The van der Waals surface area contributed by atoms with Crippen LogP contribution in [-0.2, 0) is 6.42 Å². The van der Waals surface area contributed by atoms with Gasteiger partial charge in [-0.05, 0) is 62.7 Å². The molecule has 0 amide bonds. The number of halogens is 1. The van der Waals surface area contributed by atoms with Crippen LogP contribution in [-0.4, -0.2) is 25.5 Å². The predicted octanol–water partition coefficient (Wildman–Crippen LogP) is 4.73. The van der Waals surface area contributed by atoms with Gasteiger partial charge in [0.1, 0.15) is 0 Å². The van der Waals surface area contributed by atoms with Crippen LogP contribution in [0.5, 0.6) is 0 Å². The monoisotopic (exact) mass is 331 g/mol. The zero-order valence-electron chi connectivity index (χ0n) is 12.2. The van der Waals surface area contributed by atoms with E-state index in [9.17, 15) is 0 Å². The molecule has 2 aromatic carbocycles. The third-order valence-electron chi connectivity index (χ3n) is 3.57. The molecule has 0 saturated carbocycles. The Kier molecular flexibility index (Phi) is 5.81. The van der Waals surface area contributed by atoms with E-state index in [-0.39, 0.29) is 0 Å². The lowest BCUT2D eigenvalue weighted by molar-refractivity contribution is 0.380. The van der Waals surface area contributed by atoms with Gasteiger partial charge in [-0.15, -0.1) is 0 Å². The number of benzene rings is 2. The number of hydrogen-bond donors (Lipinski definition) is 0. The molecule has 0 aliphatic carbocycles. The lowest BCUT2D eigenvalue weighted by Gasteiger charge is -2.20. The number of rotatable bonds is 6. The lowest BCUT2D eigenvalue weighted by atomic mass is 9.89. The molecule has 1 atom stereocenters. The van der Waals surface area contributed by atoms with Gasteiger partial charge in [-0.2, -0.15) is 0 Å². The van der Waals surface area contributed by atoms with E-state index >= 15 is 0 Å². The van der Waals surface area contributed by atoms with Gasteiger partial charge in [-0.25, -0.2) is 0 Å². The first kappa shape index (κ1) is 15.3. The molecule has 1 nitrogen and oxygen atoms in total. The van der Waals surface area contributed by atoms with Crippen LogP contribution in [0.15, 0.2) is 59.1 Å². The van der Waals surface area contributed by atoms with Gasteiger partial charge in [-0.1, -0.05) is 58.4 Å². The van der Waals surface area contributed by atoms with Gasteiger partial charge in [0.25, 0.3) is 0 Å². The van der Waals surface area contributed by atoms with Crippen molar-refractivity contribution in [2.24, 2.45) is 0 Å². The van der Waals surface area contributed by atoms with Crippen LogP contribution in [0.2, 0.25) is 0 Å². The molecule has 0 aliphatic heterocycles. The van der Waals surface area contributed by atoms with Gasteiger partial charge in [0.15, 0.2) is 0 Å². The molecule has 2 heteroatoms. The van der Waals surface area contributed by atoms with Gasteiger partial charge >= 0.3 is 0 Å². The summed E-state index contributed by atoms with van der Waals surface area (Å²) >= 11 is 3.59. The lowest BCUT2D eigenvalue weighted by Crippen LogP contribution is -2.17. The Morgan fingerprint density at radius 2 is 1.75 bits per heavy atom. The molecule has 0 bridgehead atoms. The number of hydrogen-bond acceptors (Lipinski definition) is 1. The standard InChI is InChI=1S/C18H22BrN/c1-20(2)12-11-17(13-15-7-4-3-5-8-15)16-9-6-10-18(19)14-16/h3-10,14,17H,11-13H2,1-2H3. The smallest absolute Gasteiger partial charge is 0.0178 e. The van der Waals surface area contributed by atoms with Gasteiger partial charge < -0.3 is 4.90 Å². The fraction of sp³-hybridized carbons (Fsp3) is 0.333. The van der Waals surface area contributed by atoms with E-state index in [4.69, 9.17) is 0 Å². The fourth-order valence-electron chi connectivity index (χ4n) is 2.46. The molecule has 0 N–H and O–H groups in total. The van der Waals surface area contributed by atoms with Gasteiger partial charge in [0, 0.05) is 4.47 Å². The highest BCUT2D eigenvalue weighted by Gasteiger charge is 2.13. The van der Waals surface area contributed by atoms with Crippen LogP contribution < -0.4 is 0 Å². The van der Waals surface area contributed by atoms with Crippen LogP contribution in [0.1, 0.15) is 23.5 Å². The third-order valence-corrected chi connectivity index (χ3v) is 4.06. The SMILES string of the molecule is CN(C)CCC(Cc1ccccc1)c1cccc(Br)c1. The Balaban J connectivity index is 2.16. The summed E-state index contributed by atoms with van der Waals surface area (Å²) in [5.74, 6) is 0.567. The molecule has 0 heterocycles. The van der Waals surface area contributed by atoms with Gasteiger partial charge in [-0.3, -0.25) is 0 Å². The minimum Gasteiger partial charge on any atom is -0.309 e. The first-order valence-corrected chi connectivity index (χ1v) is 7.88. The second kappa shape index (κ2) is 7.61. The normalized spacial score (nSPS) is 12.6. The van der Waals surface area contributed by atoms with Gasteiger partial charge in [0.05, 0.1) is 0 Å². The highest BCUT2D eigenvalue weighted by Crippen LogP contribution is 2.26. The van der Waals surface area contributed by atoms with Crippen molar-refractivity contribution in [1.29, 1.82) is 0 Å². The topological polar surface area (TPSA) is 3.24 Å². The summed E-state index contributed by atoms with van der Waals surface area (Å²) in [5, 5.41) is 0. The molecule has 106 valence electrons. The Bertz CT molecular complexity index is 522. The predicted molar refractivity (Wildman–Crippen MR) is 90.2 cm³/mol. The van der Waals surface area contributed by atoms with Crippen molar-refractivity contribution in [2.75, 3.05) is 20.6 Å². The van der Waals surface area contributed by atoms with Crippen LogP contribution in [0.4, 0.5) is 0 Å². The van der Waals surface area contributed by atoms with E-state index in [1.165, 1.54) is 17.5 Å². The molecule has 0 spiro atoms. The van der Waals surface area contributed by atoms with Crippen LogP contribution in [0.3, 0.4) is 0 Å². The third kappa shape index (κ3) is 4.77. The second-order valence-corrected chi connectivity index (χ2v) is 6.45. The molecule has 0 aromatic heterocycles. The molecular formula is C18H22BrN. The summed E-state index contributed by atoms with van der Waals surface area (Å²) in [7, 11) is 4.28. The van der Waals surface area contributed by atoms with Crippen molar-refractivity contribution >= 4 is 15.9 Å². The first-order valence-electron chi connectivity index (χ1n) is 7.09. The average Bonchev–Trinajstić information content (AvgIpc) is 2.44. The summed E-state index contributed by atoms with van der Waals surface area (Å²) in [6, 6.07) is 19.5. The minimum absolute atomic E-state index is 0.567. The molecule has 0 radical (unpaired) electrons. The van der Waals surface area contributed by atoms with Crippen LogP contribution in [0.25, 0.3) is 0 Å². The quantitative estimate of drug-likeness (QED) is 0.739. The van der Waals surface area contributed by atoms with E-state index in [1.54, 1.807) is 0 Å². The van der Waals surface area contributed by atoms with E-state index < -0.39 is 0 Å². The van der Waals surface area contributed by atoms with E-state index in [0.717, 1.165) is 17.4 Å². The second-order valence-electron chi connectivity index (χ2n) is 5.53. The largest absolute Gasteiger partial charge is 0.309 e. The summed E-state index contributed by atoms with van der Waals surface area (Å²) < 4.78 is 1.16. The molecule has 2 aromatic rings.